The molecule has 0 amide bonds. The number of hydrogen-bond donors (Lipinski definition) is 1. The van der Waals surface area contributed by atoms with Gasteiger partial charge in [0.15, 0.2) is 11.5 Å². The summed E-state index contributed by atoms with van der Waals surface area (Å²) in [5.74, 6) is 2.33. The van der Waals surface area contributed by atoms with E-state index in [0.29, 0.717) is 18.9 Å². The number of ether oxygens (including phenoxy) is 2. The van der Waals surface area contributed by atoms with Crippen LogP contribution >= 0.6 is 0 Å². The van der Waals surface area contributed by atoms with E-state index in [0.717, 1.165) is 72.8 Å². The summed E-state index contributed by atoms with van der Waals surface area (Å²) in [6.45, 7) is 5.47. The van der Waals surface area contributed by atoms with E-state index in [1.165, 1.54) is 0 Å². The highest BCUT2D eigenvalue weighted by molar-refractivity contribution is 5.70. The van der Waals surface area contributed by atoms with Crippen molar-refractivity contribution in [2.75, 3.05) is 50.0 Å². The van der Waals surface area contributed by atoms with Crippen molar-refractivity contribution in [1.82, 2.24) is 24.3 Å². The fourth-order valence-electron chi connectivity index (χ4n) is 4.45. The fraction of sp³-hybridized carbons (Fsp3) is 0.292. The molecule has 0 unspecified atom stereocenters. The Bertz CT molecular complexity index is 1280. The van der Waals surface area contributed by atoms with Crippen LogP contribution < -0.4 is 20.1 Å². The Balaban J connectivity index is 1.31. The minimum atomic E-state index is 0.556. The average molecular weight is 444 g/mol. The highest BCUT2D eigenvalue weighted by Crippen LogP contribution is 2.36. The molecule has 4 aromatic rings. The predicted molar refractivity (Wildman–Crippen MR) is 126 cm³/mol. The minimum Gasteiger partial charge on any atom is -0.486 e. The largest absolute Gasteiger partial charge is 0.486 e. The lowest BCUT2D eigenvalue weighted by Crippen LogP contribution is -2.46. The van der Waals surface area contributed by atoms with Crippen molar-refractivity contribution < 1.29 is 9.47 Å². The van der Waals surface area contributed by atoms with Crippen molar-refractivity contribution in [3.8, 4) is 22.8 Å². The first-order valence-corrected chi connectivity index (χ1v) is 11.2. The summed E-state index contributed by atoms with van der Waals surface area (Å²) in [6.07, 6.45) is 5.53. The third-order valence-corrected chi connectivity index (χ3v) is 6.14. The minimum absolute atomic E-state index is 0.556. The molecule has 3 aromatic heterocycles. The monoisotopic (exact) mass is 443 g/mol. The maximum Gasteiger partial charge on any atom is 0.225 e. The van der Waals surface area contributed by atoms with Crippen LogP contribution in [-0.2, 0) is 6.54 Å². The lowest BCUT2D eigenvalue weighted by molar-refractivity contribution is 0.171. The molecular formula is C24H25N7O2. The Hall–Kier alpha value is -3.85. The second kappa shape index (κ2) is 8.25. The normalized spacial score (nSPS) is 16.3. The van der Waals surface area contributed by atoms with Crippen LogP contribution in [0, 0.1) is 0 Å². The maximum absolute atomic E-state index is 6.13. The summed E-state index contributed by atoms with van der Waals surface area (Å²) < 4.78 is 13.6. The van der Waals surface area contributed by atoms with Gasteiger partial charge in [0.2, 0.25) is 5.95 Å². The van der Waals surface area contributed by atoms with Gasteiger partial charge >= 0.3 is 0 Å². The molecule has 2 aliphatic rings. The van der Waals surface area contributed by atoms with Gasteiger partial charge in [-0.05, 0) is 36.4 Å². The van der Waals surface area contributed by atoms with Crippen molar-refractivity contribution in [3.05, 3.63) is 60.7 Å². The number of anilines is 2. The third-order valence-electron chi connectivity index (χ3n) is 6.14. The van der Waals surface area contributed by atoms with E-state index in [1.807, 2.05) is 42.6 Å². The van der Waals surface area contributed by atoms with Crippen molar-refractivity contribution >= 4 is 17.3 Å². The molecule has 2 N–H and O–H groups in total. The zero-order valence-corrected chi connectivity index (χ0v) is 18.2. The third kappa shape index (κ3) is 3.80. The molecule has 0 bridgehead atoms. The van der Waals surface area contributed by atoms with Gasteiger partial charge in [0.1, 0.15) is 18.9 Å². The Kier molecular flexibility index (Phi) is 4.95. The van der Waals surface area contributed by atoms with Crippen molar-refractivity contribution in [1.29, 1.82) is 0 Å². The van der Waals surface area contributed by atoms with Crippen LogP contribution in [0.3, 0.4) is 0 Å². The van der Waals surface area contributed by atoms with Crippen LogP contribution in [0.15, 0.2) is 55.0 Å². The van der Waals surface area contributed by atoms with E-state index < -0.39 is 0 Å². The van der Waals surface area contributed by atoms with E-state index in [4.69, 9.17) is 20.2 Å². The molecule has 1 aromatic carbocycles. The maximum atomic E-state index is 6.13. The topological polar surface area (TPSA) is 94.0 Å². The first-order valence-electron chi connectivity index (χ1n) is 11.2. The van der Waals surface area contributed by atoms with Crippen LogP contribution in [-0.4, -0.2) is 63.6 Å². The first-order chi connectivity index (χ1) is 16.2. The lowest BCUT2D eigenvalue weighted by Gasteiger charge is -2.34. The van der Waals surface area contributed by atoms with Gasteiger partial charge in [0.25, 0.3) is 0 Å². The van der Waals surface area contributed by atoms with Crippen LogP contribution in [0.2, 0.25) is 0 Å². The van der Waals surface area contributed by atoms with E-state index in [2.05, 4.69) is 24.2 Å². The van der Waals surface area contributed by atoms with Gasteiger partial charge in [-0.1, -0.05) is 0 Å². The zero-order valence-electron chi connectivity index (χ0n) is 18.2. The molecular weight excluding hydrogens is 418 g/mol. The number of nitrogen functional groups attached to an aromatic ring is 1. The molecule has 2 aliphatic heterocycles. The molecule has 33 heavy (non-hydrogen) atoms. The highest BCUT2D eigenvalue weighted by atomic mass is 16.6. The summed E-state index contributed by atoms with van der Waals surface area (Å²) in [6, 6.07) is 11.7. The number of fused-ring (bicyclic) bond motifs is 2. The summed E-state index contributed by atoms with van der Waals surface area (Å²) in [5.41, 5.74) is 10.8. The molecule has 168 valence electrons. The molecule has 9 nitrogen and oxygen atoms in total. The summed E-state index contributed by atoms with van der Waals surface area (Å²) in [4.78, 5) is 18.4. The number of nitrogens with zero attached hydrogens (tertiary/aromatic N) is 6. The summed E-state index contributed by atoms with van der Waals surface area (Å²) >= 11 is 0. The first kappa shape index (κ1) is 19.8. The number of piperazine rings is 1. The standard InChI is InChI=1S/C24H25N7O2/c25-18-3-5-22-28-23(17-2-4-20-21(14-17)33-13-12-32-20)19(31(22)15-18)16-29-8-10-30(11-9-29)24-26-6-1-7-27-24/h1-7,14-15H,8-13,16,25H2. The number of aromatic nitrogens is 4. The number of benzene rings is 1. The number of rotatable bonds is 4. The van der Waals surface area contributed by atoms with Gasteiger partial charge in [-0.3, -0.25) is 4.90 Å². The van der Waals surface area contributed by atoms with Gasteiger partial charge in [0, 0.05) is 62.6 Å². The molecule has 0 spiro atoms. The Morgan fingerprint density at radius 1 is 0.909 bits per heavy atom. The van der Waals surface area contributed by atoms with Gasteiger partial charge in [-0.2, -0.15) is 0 Å². The molecule has 6 rings (SSSR count). The van der Waals surface area contributed by atoms with Crippen LogP contribution in [0.25, 0.3) is 16.9 Å². The average Bonchev–Trinajstić information content (AvgIpc) is 3.22. The molecule has 0 saturated carbocycles. The second-order valence-corrected chi connectivity index (χ2v) is 8.27. The van der Waals surface area contributed by atoms with Crippen molar-refractivity contribution in [3.63, 3.8) is 0 Å². The Morgan fingerprint density at radius 3 is 2.52 bits per heavy atom. The Labute approximate surface area is 191 Å². The number of hydrogen-bond acceptors (Lipinski definition) is 8. The molecule has 0 atom stereocenters. The SMILES string of the molecule is Nc1ccc2nc(-c3ccc4c(c3)OCCO4)c(CN3CCN(c4ncccn4)CC3)n2c1. The molecule has 1 saturated heterocycles. The van der Waals surface area contributed by atoms with Gasteiger partial charge < -0.3 is 24.5 Å². The van der Waals surface area contributed by atoms with Crippen LogP contribution in [0.5, 0.6) is 11.5 Å². The van der Waals surface area contributed by atoms with Crippen LogP contribution in [0.1, 0.15) is 5.69 Å². The number of imidazole rings is 1. The zero-order chi connectivity index (χ0) is 22.2. The molecule has 0 aliphatic carbocycles. The summed E-state index contributed by atoms with van der Waals surface area (Å²) in [7, 11) is 0. The summed E-state index contributed by atoms with van der Waals surface area (Å²) in [5, 5.41) is 0. The van der Waals surface area contributed by atoms with E-state index in [-0.39, 0.29) is 0 Å². The number of nitrogens with two attached hydrogens (primary N) is 1. The van der Waals surface area contributed by atoms with E-state index in [1.54, 1.807) is 12.4 Å². The predicted octanol–water partition coefficient (Wildman–Crippen LogP) is 2.47. The molecule has 0 radical (unpaired) electrons. The smallest absolute Gasteiger partial charge is 0.225 e. The van der Waals surface area contributed by atoms with Gasteiger partial charge in [0.05, 0.1) is 11.4 Å². The quantitative estimate of drug-likeness (QED) is 0.514. The number of pyridine rings is 1. The highest BCUT2D eigenvalue weighted by Gasteiger charge is 2.23. The van der Waals surface area contributed by atoms with E-state index in [9.17, 15) is 0 Å². The lowest BCUT2D eigenvalue weighted by atomic mass is 10.1. The molecule has 5 heterocycles. The Morgan fingerprint density at radius 2 is 1.70 bits per heavy atom. The van der Waals surface area contributed by atoms with Crippen molar-refractivity contribution in [2.24, 2.45) is 0 Å². The molecule has 9 heteroatoms. The van der Waals surface area contributed by atoms with E-state index >= 15 is 0 Å². The molecule has 1 fully saturated rings. The van der Waals surface area contributed by atoms with Crippen LogP contribution in [0.4, 0.5) is 11.6 Å². The fourth-order valence-corrected chi connectivity index (χ4v) is 4.45. The van der Waals surface area contributed by atoms with Gasteiger partial charge in [-0.15, -0.1) is 0 Å². The van der Waals surface area contributed by atoms with Gasteiger partial charge in [-0.25, -0.2) is 15.0 Å². The van der Waals surface area contributed by atoms with Crippen molar-refractivity contribution in [2.45, 2.75) is 6.54 Å². The second-order valence-electron chi connectivity index (χ2n) is 8.27.